The number of hydrogen-bond donors (Lipinski definition) is 3. The zero-order chi connectivity index (χ0) is 19.8. The molecular weight excluding hydrogens is 370 g/mol. The summed E-state index contributed by atoms with van der Waals surface area (Å²) in [4.78, 5) is 15.4. The monoisotopic (exact) mass is 399 g/mol. The third kappa shape index (κ3) is 6.48. The normalized spacial score (nSPS) is 20.8. The second-order valence-electron chi connectivity index (χ2n) is 7.54. The Labute approximate surface area is 172 Å². The van der Waals surface area contributed by atoms with Crippen molar-refractivity contribution < 1.29 is 14.6 Å². The van der Waals surface area contributed by atoms with E-state index in [2.05, 4.69) is 41.7 Å². The Morgan fingerprint density at radius 3 is 2.50 bits per heavy atom. The van der Waals surface area contributed by atoms with Crippen LogP contribution in [0.2, 0.25) is 5.02 Å². The molecule has 5 heteroatoms. The van der Waals surface area contributed by atoms with E-state index in [4.69, 9.17) is 11.6 Å². The molecule has 0 radical (unpaired) electrons. The molecule has 2 aromatic rings. The van der Waals surface area contributed by atoms with Crippen molar-refractivity contribution in [1.82, 2.24) is 5.32 Å². The Bertz CT molecular complexity index is 785. The van der Waals surface area contributed by atoms with E-state index in [1.54, 1.807) is 4.90 Å². The van der Waals surface area contributed by atoms with E-state index in [1.807, 2.05) is 37.3 Å². The molecule has 28 heavy (non-hydrogen) atoms. The summed E-state index contributed by atoms with van der Waals surface area (Å²) in [6.45, 7) is 7.86. The predicted molar refractivity (Wildman–Crippen MR) is 115 cm³/mol. The fourth-order valence-corrected chi connectivity index (χ4v) is 3.84. The first-order valence-corrected chi connectivity index (χ1v) is 10.4. The first-order valence-electron chi connectivity index (χ1n) is 10.0. The van der Waals surface area contributed by atoms with Gasteiger partial charge in [-0.3, -0.25) is 4.79 Å². The number of carbonyl (C=O) groups is 1. The van der Waals surface area contributed by atoms with Gasteiger partial charge in [-0.1, -0.05) is 60.1 Å². The number of piperazine rings is 1. The first kappa shape index (κ1) is 20.6. The SMILES string of the molecule is C[C@@H](NC(=O)C[NH+]1CC[NH+](C/C=C/c2ccccc2)CC1)c1cccc(Cl)c1. The van der Waals surface area contributed by atoms with Crippen LogP contribution < -0.4 is 15.1 Å². The van der Waals surface area contributed by atoms with Gasteiger partial charge in [-0.15, -0.1) is 0 Å². The highest BCUT2D eigenvalue weighted by Gasteiger charge is 2.24. The van der Waals surface area contributed by atoms with Crippen LogP contribution in [0.15, 0.2) is 60.7 Å². The average molecular weight is 400 g/mol. The maximum absolute atomic E-state index is 12.4. The molecule has 0 aromatic heterocycles. The van der Waals surface area contributed by atoms with Crippen molar-refractivity contribution >= 4 is 23.6 Å². The van der Waals surface area contributed by atoms with E-state index in [1.165, 1.54) is 10.5 Å². The van der Waals surface area contributed by atoms with Gasteiger partial charge in [-0.2, -0.15) is 0 Å². The van der Waals surface area contributed by atoms with Gasteiger partial charge in [0.15, 0.2) is 6.54 Å². The number of nitrogens with one attached hydrogen (secondary N) is 3. The molecule has 0 aliphatic carbocycles. The van der Waals surface area contributed by atoms with Crippen LogP contribution in [0.25, 0.3) is 6.08 Å². The topological polar surface area (TPSA) is 38.0 Å². The number of quaternary nitrogens is 2. The summed E-state index contributed by atoms with van der Waals surface area (Å²) in [7, 11) is 0. The smallest absolute Gasteiger partial charge is 0.275 e. The molecule has 0 spiro atoms. The van der Waals surface area contributed by atoms with E-state index in [0.29, 0.717) is 11.6 Å². The molecule has 4 nitrogen and oxygen atoms in total. The molecular formula is C23H30ClN3O+2. The fraction of sp³-hybridized carbons (Fsp3) is 0.348. The van der Waals surface area contributed by atoms with Gasteiger partial charge in [0.1, 0.15) is 26.2 Å². The minimum atomic E-state index is -0.0272. The van der Waals surface area contributed by atoms with Crippen molar-refractivity contribution in [3.63, 3.8) is 0 Å². The molecule has 1 atom stereocenters. The van der Waals surface area contributed by atoms with Gasteiger partial charge in [0, 0.05) is 5.02 Å². The van der Waals surface area contributed by atoms with Gasteiger partial charge in [-0.05, 0) is 36.3 Å². The number of hydrogen-bond acceptors (Lipinski definition) is 1. The maximum atomic E-state index is 12.4. The van der Waals surface area contributed by atoms with E-state index in [9.17, 15) is 4.79 Å². The molecule has 1 aliphatic rings. The highest BCUT2D eigenvalue weighted by molar-refractivity contribution is 6.30. The molecule has 1 saturated heterocycles. The van der Waals surface area contributed by atoms with E-state index in [-0.39, 0.29) is 11.9 Å². The highest BCUT2D eigenvalue weighted by Crippen LogP contribution is 2.16. The standard InChI is InChI=1S/C23H28ClN3O/c1-19(21-10-5-11-22(24)17-21)25-23(28)18-27-15-13-26(14-16-27)12-6-9-20-7-3-2-4-8-20/h2-11,17,19H,12-16,18H2,1H3,(H,25,28)/p+2/b9-6+/t19-/m1/s1. The lowest BCUT2D eigenvalue weighted by Gasteiger charge is -2.29. The van der Waals surface area contributed by atoms with Crippen molar-refractivity contribution in [3.05, 3.63) is 76.8 Å². The second kappa shape index (κ2) is 10.4. The Morgan fingerprint density at radius 1 is 1.07 bits per heavy atom. The van der Waals surface area contributed by atoms with Crippen molar-refractivity contribution in [2.24, 2.45) is 0 Å². The average Bonchev–Trinajstić information content (AvgIpc) is 2.70. The van der Waals surface area contributed by atoms with Crippen LogP contribution >= 0.6 is 11.6 Å². The van der Waals surface area contributed by atoms with Gasteiger partial charge in [-0.25, -0.2) is 0 Å². The summed E-state index contributed by atoms with van der Waals surface area (Å²) < 4.78 is 0. The minimum Gasteiger partial charge on any atom is -0.345 e. The summed E-state index contributed by atoms with van der Waals surface area (Å²) >= 11 is 6.04. The second-order valence-corrected chi connectivity index (χ2v) is 7.97. The van der Waals surface area contributed by atoms with Crippen LogP contribution in [0.1, 0.15) is 24.1 Å². The molecule has 0 bridgehead atoms. The quantitative estimate of drug-likeness (QED) is 0.639. The molecule has 3 N–H and O–H groups in total. The van der Waals surface area contributed by atoms with Crippen molar-refractivity contribution in [3.8, 4) is 0 Å². The van der Waals surface area contributed by atoms with Crippen LogP contribution in [0.3, 0.4) is 0 Å². The van der Waals surface area contributed by atoms with Crippen molar-refractivity contribution in [2.45, 2.75) is 13.0 Å². The van der Waals surface area contributed by atoms with Crippen molar-refractivity contribution in [2.75, 3.05) is 39.3 Å². The molecule has 148 valence electrons. The van der Waals surface area contributed by atoms with Gasteiger partial charge in [0.05, 0.1) is 12.6 Å². The van der Waals surface area contributed by atoms with E-state index in [0.717, 1.165) is 38.3 Å². The largest absolute Gasteiger partial charge is 0.345 e. The minimum absolute atomic E-state index is 0.0272. The van der Waals surface area contributed by atoms with Crippen LogP contribution in [-0.2, 0) is 4.79 Å². The predicted octanol–water partition coefficient (Wildman–Crippen LogP) is 1.01. The molecule has 1 heterocycles. The lowest BCUT2D eigenvalue weighted by Crippen LogP contribution is -3.28. The Hall–Kier alpha value is -2.14. The lowest BCUT2D eigenvalue weighted by atomic mass is 10.1. The number of amides is 1. The summed E-state index contributed by atoms with van der Waals surface area (Å²) in [5.74, 6) is 0.106. The molecule has 3 rings (SSSR count). The summed E-state index contributed by atoms with van der Waals surface area (Å²) in [5.41, 5.74) is 2.28. The zero-order valence-corrected chi connectivity index (χ0v) is 17.2. The van der Waals surface area contributed by atoms with Crippen molar-refractivity contribution in [1.29, 1.82) is 0 Å². The number of rotatable bonds is 7. The third-order valence-corrected chi connectivity index (χ3v) is 5.55. The Kier molecular flexibility index (Phi) is 7.66. The van der Waals surface area contributed by atoms with Crippen LogP contribution in [0.4, 0.5) is 0 Å². The Morgan fingerprint density at radius 2 is 1.79 bits per heavy atom. The number of carbonyl (C=O) groups excluding carboxylic acids is 1. The van der Waals surface area contributed by atoms with Crippen LogP contribution in [-0.4, -0.2) is 45.2 Å². The third-order valence-electron chi connectivity index (χ3n) is 5.32. The van der Waals surface area contributed by atoms with Gasteiger partial charge < -0.3 is 15.1 Å². The zero-order valence-electron chi connectivity index (χ0n) is 16.5. The molecule has 1 fully saturated rings. The number of halogens is 1. The molecule has 2 aromatic carbocycles. The van der Waals surface area contributed by atoms with Gasteiger partial charge in [0.25, 0.3) is 5.91 Å². The summed E-state index contributed by atoms with van der Waals surface area (Å²) in [5, 5.41) is 3.80. The summed E-state index contributed by atoms with van der Waals surface area (Å²) in [6.07, 6.45) is 4.45. The number of benzene rings is 2. The van der Waals surface area contributed by atoms with Crippen LogP contribution in [0, 0.1) is 0 Å². The lowest BCUT2D eigenvalue weighted by molar-refractivity contribution is -1.01. The van der Waals surface area contributed by atoms with Gasteiger partial charge >= 0.3 is 0 Å². The fourth-order valence-electron chi connectivity index (χ4n) is 3.64. The van der Waals surface area contributed by atoms with E-state index >= 15 is 0 Å². The first-order chi connectivity index (χ1) is 13.6. The van der Waals surface area contributed by atoms with Crippen LogP contribution in [0.5, 0.6) is 0 Å². The van der Waals surface area contributed by atoms with Gasteiger partial charge in [0.2, 0.25) is 0 Å². The molecule has 0 saturated carbocycles. The Balaban J connectivity index is 1.38. The summed E-state index contributed by atoms with van der Waals surface area (Å²) in [6, 6.07) is 18.0. The molecule has 1 aliphatic heterocycles. The van der Waals surface area contributed by atoms with E-state index < -0.39 is 0 Å². The maximum Gasteiger partial charge on any atom is 0.275 e. The molecule has 1 amide bonds. The molecule has 0 unspecified atom stereocenters. The highest BCUT2D eigenvalue weighted by atomic mass is 35.5.